The van der Waals surface area contributed by atoms with Crippen LogP contribution in [0.2, 0.25) is 5.02 Å². The smallest absolute Gasteiger partial charge is 0.326 e. The van der Waals surface area contributed by atoms with Crippen LogP contribution < -0.4 is 10.2 Å². The molecule has 6 nitrogen and oxygen atoms in total. The van der Waals surface area contributed by atoms with Crippen LogP contribution in [0.1, 0.15) is 6.42 Å². The molecule has 138 valence electrons. The van der Waals surface area contributed by atoms with Gasteiger partial charge in [-0.25, -0.2) is 9.69 Å². The van der Waals surface area contributed by atoms with E-state index in [0.717, 1.165) is 4.90 Å². The van der Waals surface area contributed by atoms with E-state index in [-0.39, 0.29) is 18.9 Å². The fraction of sp³-hybridized carbons (Fsp3) is 0.150. The molecule has 1 heterocycles. The first-order chi connectivity index (χ1) is 13.0. The lowest BCUT2D eigenvalue weighted by Crippen LogP contribution is -2.38. The van der Waals surface area contributed by atoms with Crippen LogP contribution in [0.5, 0.6) is 0 Å². The number of nitrogens with one attached hydrogen (secondary N) is 1. The molecule has 0 aromatic heterocycles. The van der Waals surface area contributed by atoms with Gasteiger partial charge in [-0.1, -0.05) is 35.9 Å². The lowest BCUT2D eigenvalue weighted by atomic mass is 10.1. The predicted octanol–water partition coefficient (Wildman–Crippen LogP) is 3.69. The molecule has 2 aromatic rings. The van der Waals surface area contributed by atoms with E-state index in [1.54, 1.807) is 54.6 Å². The topological polar surface area (TPSA) is 69.7 Å². The number of urea groups is 1. The van der Waals surface area contributed by atoms with Gasteiger partial charge in [-0.15, -0.1) is 6.58 Å². The summed E-state index contributed by atoms with van der Waals surface area (Å²) in [5.74, 6) is -0.799. The molecule has 1 aliphatic heterocycles. The number of carbonyl (C=O) groups is 3. The van der Waals surface area contributed by atoms with Crippen molar-refractivity contribution in [1.29, 1.82) is 0 Å². The first-order valence-electron chi connectivity index (χ1n) is 8.37. The number of hydrogen-bond acceptors (Lipinski definition) is 3. The summed E-state index contributed by atoms with van der Waals surface area (Å²) in [6.45, 7) is 3.81. The molecular weight excluding hydrogens is 366 g/mol. The molecule has 3 rings (SSSR count). The number of imide groups is 1. The maximum Gasteiger partial charge on any atom is 0.332 e. The molecule has 1 fully saturated rings. The average Bonchev–Trinajstić information content (AvgIpc) is 2.89. The Morgan fingerprint density at radius 2 is 1.78 bits per heavy atom. The Morgan fingerprint density at radius 3 is 2.41 bits per heavy atom. The van der Waals surface area contributed by atoms with Gasteiger partial charge >= 0.3 is 6.03 Å². The van der Waals surface area contributed by atoms with E-state index in [9.17, 15) is 14.4 Å². The molecule has 0 bridgehead atoms. The standard InChI is InChI=1S/C20H18ClN3O3/c1-2-12-23-17(13-18(25)22-15-10-8-14(21)9-11-15)19(26)24(20(23)27)16-6-4-3-5-7-16/h2-11,17H,1,12-13H2,(H,22,25). The van der Waals surface area contributed by atoms with Crippen LogP contribution in [-0.2, 0) is 9.59 Å². The summed E-state index contributed by atoms with van der Waals surface area (Å²) in [6, 6.07) is 13.9. The van der Waals surface area contributed by atoms with Crippen molar-refractivity contribution in [3.05, 3.63) is 72.3 Å². The van der Waals surface area contributed by atoms with Crippen molar-refractivity contribution in [2.75, 3.05) is 16.8 Å². The second-order valence-electron chi connectivity index (χ2n) is 6.01. The Balaban J connectivity index is 1.78. The van der Waals surface area contributed by atoms with Crippen molar-refractivity contribution < 1.29 is 14.4 Å². The Bertz CT molecular complexity index is 868. The van der Waals surface area contributed by atoms with Crippen molar-refractivity contribution in [2.24, 2.45) is 0 Å². The number of anilines is 2. The summed E-state index contributed by atoms with van der Waals surface area (Å²) in [5, 5.41) is 3.27. The molecule has 27 heavy (non-hydrogen) atoms. The molecule has 0 saturated carbocycles. The molecule has 4 amide bonds. The van der Waals surface area contributed by atoms with Crippen molar-refractivity contribution in [2.45, 2.75) is 12.5 Å². The number of nitrogens with zero attached hydrogens (tertiary/aromatic N) is 2. The lowest BCUT2D eigenvalue weighted by molar-refractivity contribution is -0.124. The summed E-state index contributed by atoms with van der Waals surface area (Å²) >= 11 is 5.83. The van der Waals surface area contributed by atoms with Crippen LogP contribution in [0.3, 0.4) is 0 Å². The zero-order valence-corrected chi connectivity index (χ0v) is 15.2. The van der Waals surface area contributed by atoms with E-state index in [1.165, 1.54) is 11.0 Å². The number of para-hydroxylation sites is 1. The first kappa shape index (κ1) is 18.7. The number of carbonyl (C=O) groups excluding carboxylic acids is 3. The SMILES string of the molecule is C=CCN1C(=O)N(c2ccccc2)C(=O)C1CC(=O)Nc1ccc(Cl)cc1. The molecule has 1 saturated heterocycles. The van der Waals surface area contributed by atoms with E-state index in [1.807, 2.05) is 0 Å². The highest BCUT2D eigenvalue weighted by Gasteiger charge is 2.46. The maximum atomic E-state index is 12.9. The van der Waals surface area contributed by atoms with Crippen LogP contribution in [-0.4, -0.2) is 35.3 Å². The van der Waals surface area contributed by atoms with Gasteiger partial charge in [0.1, 0.15) is 6.04 Å². The van der Waals surface area contributed by atoms with E-state index >= 15 is 0 Å². The third-order valence-corrected chi connectivity index (χ3v) is 4.42. The molecule has 1 N–H and O–H groups in total. The summed E-state index contributed by atoms with van der Waals surface area (Å²) in [5.41, 5.74) is 1.04. The third-order valence-electron chi connectivity index (χ3n) is 4.17. The zero-order valence-electron chi connectivity index (χ0n) is 14.5. The van der Waals surface area contributed by atoms with Gasteiger partial charge in [0.15, 0.2) is 0 Å². The van der Waals surface area contributed by atoms with Crippen molar-refractivity contribution in [1.82, 2.24) is 4.90 Å². The first-order valence-corrected chi connectivity index (χ1v) is 8.75. The van der Waals surface area contributed by atoms with Crippen LogP contribution in [0.4, 0.5) is 16.2 Å². The van der Waals surface area contributed by atoms with Gasteiger partial charge in [-0.3, -0.25) is 9.59 Å². The second-order valence-corrected chi connectivity index (χ2v) is 6.44. The quantitative estimate of drug-likeness (QED) is 0.611. The Labute approximate surface area is 162 Å². The fourth-order valence-electron chi connectivity index (χ4n) is 2.92. The zero-order chi connectivity index (χ0) is 19.4. The minimum Gasteiger partial charge on any atom is -0.326 e. The van der Waals surface area contributed by atoms with Crippen molar-refractivity contribution in [3.8, 4) is 0 Å². The van der Waals surface area contributed by atoms with Gasteiger partial charge in [0.2, 0.25) is 5.91 Å². The normalized spacial score (nSPS) is 16.6. The highest BCUT2D eigenvalue weighted by molar-refractivity contribution is 6.30. The van der Waals surface area contributed by atoms with Gasteiger partial charge in [0, 0.05) is 17.3 Å². The van der Waals surface area contributed by atoms with Gasteiger partial charge in [-0.2, -0.15) is 0 Å². The summed E-state index contributed by atoms with van der Waals surface area (Å²) < 4.78 is 0. The lowest BCUT2D eigenvalue weighted by Gasteiger charge is -2.19. The third kappa shape index (κ3) is 4.01. The molecule has 0 aliphatic carbocycles. The Morgan fingerprint density at radius 1 is 1.11 bits per heavy atom. The summed E-state index contributed by atoms with van der Waals surface area (Å²) in [7, 11) is 0. The maximum absolute atomic E-state index is 12.9. The van der Waals surface area contributed by atoms with Crippen LogP contribution in [0.15, 0.2) is 67.3 Å². The van der Waals surface area contributed by atoms with Crippen molar-refractivity contribution in [3.63, 3.8) is 0 Å². The number of hydrogen-bond donors (Lipinski definition) is 1. The highest BCUT2D eigenvalue weighted by Crippen LogP contribution is 2.27. The van der Waals surface area contributed by atoms with Crippen LogP contribution >= 0.6 is 11.6 Å². The van der Waals surface area contributed by atoms with E-state index in [4.69, 9.17) is 11.6 Å². The molecule has 0 spiro atoms. The highest BCUT2D eigenvalue weighted by atomic mass is 35.5. The number of amides is 4. The molecule has 2 aromatic carbocycles. The summed E-state index contributed by atoms with van der Waals surface area (Å²) in [6.07, 6.45) is 1.38. The number of rotatable bonds is 6. The minimum atomic E-state index is -0.886. The predicted molar refractivity (Wildman–Crippen MR) is 105 cm³/mol. The molecule has 0 radical (unpaired) electrons. The molecular formula is C20H18ClN3O3. The van der Waals surface area contributed by atoms with Crippen LogP contribution in [0.25, 0.3) is 0 Å². The molecule has 7 heteroatoms. The van der Waals surface area contributed by atoms with Gasteiger partial charge in [0.25, 0.3) is 5.91 Å². The van der Waals surface area contributed by atoms with E-state index < -0.39 is 18.0 Å². The molecule has 1 atom stereocenters. The largest absolute Gasteiger partial charge is 0.332 e. The average molecular weight is 384 g/mol. The van der Waals surface area contributed by atoms with Gasteiger partial charge < -0.3 is 10.2 Å². The molecule has 1 unspecified atom stereocenters. The van der Waals surface area contributed by atoms with Crippen molar-refractivity contribution >= 4 is 40.8 Å². The fourth-order valence-corrected chi connectivity index (χ4v) is 3.04. The van der Waals surface area contributed by atoms with E-state index in [2.05, 4.69) is 11.9 Å². The number of benzene rings is 2. The van der Waals surface area contributed by atoms with E-state index in [0.29, 0.717) is 16.4 Å². The molecule has 1 aliphatic rings. The number of halogens is 1. The minimum absolute atomic E-state index is 0.148. The van der Waals surface area contributed by atoms with Gasteiger partial charge in [0.05, 0.1) is 12.1 Å². The second kappa shape index (κ2) is 8.05. The monoisotopic (exact) mass is 383 g/mol. The van der Waals surface area contributed by atoms with Crippen LogP contribution in [0, 0.1) is 0 Å². The van der Waals surface area contributed by atoms with Gasteiger partial charge in [-0.05, 0) is 36.4 Å². The Kier molecular flexibility index (Phi) is 5.57. The Hall–Kier alpha value is -3.12. The summed E-state index contributed by atoms with van der Waals surface area (Å²) in [4.78, 5) is 40.5.